The third-order valence-electron chi connectivity index (χ3n) is 4.12. The highest BCUT2D eigenvalue weighted by atomic mass is 16.5. The van der Waals surface area contributed by atoms with Crippen molar-refractivity contribution in [2.75, 3.05) is 32.0 Å². The average molecular weight is 394 g/mol. The molecule has 0 atom stereocenters. The van der Waals surface area contributed by atoms with Gasteiger partial charge in [-0.3, -0.25) is 9.78 Å². The first-order valence-electron chi connectivity index (χ1n) is 8.85. The van der Waals surface area contributed by atoms with Crippen molar-refractivity contribution in [3.05, 3.63) is 66.2 Å². The molecule has 0 aliphatic heterocycles. The van der Waals surface area contributed by atoms with Crippen molar-refractivity contribution in [2.24, 2.45) is 0 Å². The van der Waals surface area contributed by atoms with Crippen LogP contribution in [-0.2, 0) is 6.54 Å². The fraction of sp³-hybridized carbons (Fsp3) is 0.190. The lowest BCUT2D eigenvalue weighted by Gasteiger charge is -2.14. The Hall–Kier alpha value is -3.81. The predicted octanol–water partition coefficient (Wildman–Crippen LogP) is 3.37. The van der Waals surface area contributed by atoms with Gasteiger partial charge in [-0.25, -0.2) is 4.98 Å². The molecule has 0 spiro atoms. The van der Waals surface area contributed by atoms with E-state index in [9.17, 15) is 4.79 Å². The van der Waals surface area contributed by atoms with Crippen LogP contribution < -0.4 is 24.8 Å². The minimum atomic E-state index is -0.351. The van der Waals surface area contributed by atoms with Crippen LogP contribution in [-0.4, -0.2) is 37.2 Å². The molecule has 29 heavy (non-hydrogen) atoms. The maximum atomic E-state index is 12.5. The quantitative estimate of drug-likeness (QED) is 0.605. The molecule has 2 N–H and O–H groups in total. The van der Waals surface area contributed by atoms with Gasteiger partial charge in [0.15, 0.2) is 11.5 Å². The molecule has 3 aromatic rings. The summed E-state index contributed by atoms with van der Waals surface area (Å²) < 4.78 is 15.9. The standard InChI is InChI=1S/C21H22N4O4/c1-27-18-10-16(11-19(28-2)20(18)29-3)25-21(26)17-8-7-15(13-24-17)23-12-14-6-4-5-9-22-14/h4-11,13,23H,12H2,1-3H3,(H,25,26). The lowest BCUT2D eigenvalue weighted by atomic mass is 10.2. The van der Waals surface area contributed by atoms with Crippen LogP contribution in [0.5, 0.6) is 17.2 Å². The van der Waals surface area contributed by atoms with Crippen molar-refractivity contribution in [1.29, 1.82) is 0 Å². The highest BCUT2D eigenvalue weighted by Crippen LogP contribution is 2.39. The summed E-state index contributed by atoms with van der Waals surface area (Å²) in [6.07, 6.45) is 3.35. The van der Waals surface area contributed by atoms with Gasteiger partial charge in [-0.2, -0.15) is 0 Å². The summed E-state index contributed by atoms with van der Waals surface area (Å²) in [5.74, 6) is 0.998. The molecule has 1 aromatic carbocycles. The first-order valence-corrected chi connectivity index (χ1v) is 8.85. The molecule has 1 amide bonds. The largest absolute Gasteiger partial charge is 0.493 e. The van der Waals surface area contributed by atoms with Crippen LogP contribution in [0.4, 0.5) is 11.4 Å². The van der Waals surface area contributed by atoms with Gasteiger partial charge in [-0.05, 0) is 24.3 Å². The second-order valence-electron chi connectivity index (χ2n) is 5.97. The van der Waals surface area contributed by atoms with E-state index in [-0.39, 0.29) is 11.6 Å². The van der Waals surface area contributed by atoms with Crippen molar-refractivity contribution < 1.29 is 19.0 Å². The van der Waals surface area contributed by atoms with Crippen LogP contribution in [0.1, 0.15) is 16.2 Å². The number of anilines is 2. The molecule has 0 fully saturated rings. The molecule has 0 radical (unpaired) electrons. The normalized spacial score (nSPS) is 10.2. The maximum Gasteiger partial charge on any atom is 0.274 e. The Morgan fingerprint density at radius 2 is 1.69 bits per heavy atom. The molecule has 2 heterocycles. The fourth-order valence-corrected chi connectivity index (χ4v) is 2.68. The summed E-state index contributed by atoms with van der Waals surface area (Å²) in [6.45, 7) is 0.569. The number of hydrogen-bond donors (Lipinski definition) is 2. The Morgan fingerprint density at radius 1 is 0.931 bits per heavy atom. The molecule has 0 aliphatic carbocycles. The molecule has 2 aromatic heterocycles. The van der Waals surface area contributed by atoms with Crippen molar-refractivity contribution in [1.82, 2.24) is 9.97 Å². The van der Waals surface area contributed by atoms with Gasteiger partial charge < -0.3 is 24.8 Å². The molecule has 0 unspecified atom stereocenters. The van der Waals surface area contributed by atoms with Crippen LogP contribution in [0.15, 0.2) is 54.9 Å². The Labute approximate surface area is 168 Å². The molecule has 0 aliphatic rings. The minimum Gasteiger partial charge on any atom is -0.493 e. The van der Waals surface area contributed by atoms with Crippen LogP contribution >= 0.6 is 0 Å². The molecule has 3 rings (SSSR count). The Balaban J connectivity index is 1.68. The van der Waals surface area contributed by atoms with Gasteiger partial charge in [0.25, 0.3) is 5.91 Å². The van der Waals surface area contributed by atoms with E-state index < -0.39 is 0 Å². The SMILES string of the molecule is COc1cc(NC(=O)c2ccc(NCc3ccccn3)cn2)cc(OC)c1OC. The Bertz CT molecular complexity index is 937. The molecule has 8 nitrogen and oxygen atoms in total. The second-order valence-corrected chi connectivity index (χ2v) is 5.97. The second kappa shape index (κ2) is 9.41. The highest BCUT2D eigenvalue weighted by molar-refractivity contribution is 6.03. The Morgan fingerprint density at radius 3 is 2.24 bits per heavy atom. The molecule has 0 bridgehead atoms. The minimum absolute atomic E-state index is 0.280. The van der Waals surface area contributed by atoms with Gasteiger partial charge in [0.05, 0.1) is 45.5 Å². The van der Waals surface area contributed by atoms with Gasteiger partial charge in [0.1, 0.15) is 5.69 Å². The first-order chi connectivity index (χ1) is 14.1. The van der Waals surface area contributed by atoms with E-state index in [2.05, 4.69) is 20.6 Å². The Kier molecular flexibility index (Phi) is 6.47. The molecule has 0 saturated heterocycles. The molecular weight excluding hydrogens is 372 g/mol. The highest BCUT2D eigenvalue weighted by Gasteiger charge is 2.15. The van der Waals surface area contributed by atoms with E-state index in [4.69, 9.17) is 14.2 Å². The van der Waals surface area contributed by atoms with Crippen molar-refractivity contribution in [3.63, 3.8) is 0 Å². The van der Waals surface area contributed by atoms with Gasteiger partial charge >= 0.3 is 0 Å². The number of carbonyl (C=O) groups excluding carboxylic acids is 1. The lowest BCUT2D eigenvalue weighted by molar-refractivity contribution is 0.102. The van der Waals surface area contributed by atoms with Gasteiger partial charge in [0.2, 0.25) is 5.75 Å². The fourth-order valence-electron chi connectivity index (χ4n) is 2.68. The molecule has 0 saturated carbocycles. The maximum absolute atomic E-state index is 12.5. The van der Waals surface area contributed by atoms with Crippen molar-refractivity contribution in [2.45, 2.75) is 6.54 Å². The summed E-state index contributed by atoms with van der Waals surface area (Å²) >= 11 is 0. The van der Waals surface area contributed by atoms with Gasteiger partial charge in [0, 0.05) is 24.0 Å². The summed E-state index contributed by atoms with van der Waals surface area (Å²) in [7, 11) is 4.55. The van der Waals surface area contributed by atoms with Crippen LogP contribution in [0, 0.1) is 0 Å². The van der Waals surface area contributed by atoms with E-state index in [1.54, 1.807) is 36.7 Å². The zero-order valence-electron chi connectivity index (χ0n) is 16.4. The third kappa shape index (κ3) is 4.92. The number of rotatable bonds is 8. The lowest BCUT2D eigenvalue weighted by Crippen LogP contribution is -2.14. The number of methoxy groups -OCH3 is 3. The number of nitrogens with one attached hydrogen (secondary N) is 2. The van der Waals surface area contributed by atoms with E-state index >= 15 is 0 Å². The number of ether oxygens (including phenoxy) is 3. The van der Waals surface area contributed by atoms with E-state index in [1.807, 2.05) is 18.2 Å². The van der Waals surface area contributed by atoms with E-state index in [0.717, 1.165) is 11.4 Å². The van der Waals surface area contributed by atoms with Crippen LogP contribution in [0.25, 0.3) is 0 Å². The number of aromatic nitrogens is 2. The van der Waals surface area contributed by atoms with Gasteiger partial charge in [-0.15, -0.1) is 0 Å². The topological polar surface area (TPSA) is 94.6 Å². The van der Waals surface area contributed by atoms with E-state index in [1.165, 1.54) is 21.3 Å². The molecule has 150 valence electrons. The zero-order valence-corrected chi connectivity index (χ0v) is 16.4. The average Bonchev–Trinajstić information content (AvgIpc) is 2.77. The number of carbonyl (C=O) groups is 1. The van der Waals surface area contributed by atoms with Crippen LogP contribution in [0.3, 0.4) is 0 Å². The van der Waals surface area contributed by atoms with Gasteiger partial charge in [-0.1, -0.05) is 6.07 Å². The monoisotopic (exact) mass is 394 g/mol. The van der Waals surface area contributed by atoms with Crippen molar-refractivity contribution in [3.8, 4) is 17.2 Å². The number of amides is 1. The summed E-state index contributed by atoms with van der Waals surface area (Å²) in [6, 6.07) is 12.5. The predicted molar refractivity (Wildman–Crippen MR) is 110 cm³/mol. The molecular formula is C21H22N4O4. The number of pyridine rings is 2. The van der Waals surface area contributed by atoms with Crippen LogP contribution in [0.2, 0.25) is 0 Å². The first kappa shape index (κ1) is 19.9. The number of benzene rings is 1. The van der Waals surface area contributed by atoms with Crippen molar-refractivity contribution >= 4 is 17.3 Å². The number of nitrogens with zero attached hydrogens (tertiary/aromatic N) is 2. The molecule has 8 heteroatoms. The summed E-state index contributed by atoms with van der Waals surface area (Å²) in [4.78, 5) is 21.0. The summed E-state index contributed by atoms with van der Waals surface area (Å²) in [5.41, 5.74) is 2.49. The summed E-state index contributed by atoms with van der Waals surface area (Å²) in [5, 5.41) is 6.00. The number of hydrogen-bond acceptors (Lipinski definition) is 7. The zero-order chi connectivity index (χ0) is 20.6. The third-order valence-corrected chi connectivity index (χ3v) is 4.12. The smallest absolute Gasteiger partial charge is 0.274 e. The van der Waals surface area contributed by atoms with E-state index in [0.29, 0.717) is 29.5 Å².